The van der Waals surface area contributed by atoms with E-state index < -0.39 is 0 Å². The number of hydrazone groups is 1. The van der Waals surface area contributed by atoms with Crippen molar-refractivity contribution in [3.8, 4) is 0 Å². The van der Waals surface area contributed by atoms with Crippen molar-refractivity contribution in [2.45, 2.75) is 13.8 Å². The molecule has 1 heterocycles. The van der Waals surface area contributed by atoms with E-state index in [0.717, 1.165) is 27.8 Å². The minimum absolute atomic E-state index is 0.728. The van der Waals surface area contributed by atoms with Gasteiger partial charge in [0.05, 0.1) is 11.4 Å². The van der Waals surface area contributed by atoms with Crippen LogP contribution in [0.2, 0.25) is 0 Å². The van der Waals surface area contributed by atoms with Crippen molar-refractivity contribution in [2.75, 3.05) is 11.2 Å². The number of nitrogens with one attached hydrogen (secondary N) is 1. The third kappa shape index (κ3) is 2.82. The third-order valence-corrected chi connectivity index (χ3v) is 3.15. The Morgan fingerprint density at radius 3 is 2.82 bits per heavy atom. The second-order valence-corrected chi connectivity index (χ2v) is 4.55. The normalized spacial score (nSPS) is 11.5. The molecule has 0 aliphatic heterocycles. The number of rotatable bonds is 3. The van der Waals surface area contributed by atoms with E-state index in [1.165, 1.54) is 11.3 Å². The van der Waals surface area contributed by atoms with Gasteiger partial charge in [-0.15, -0.1) is 11.3 Å². The Kier molecular flexibility index (Phi) is 3.39. The van der Waals surface area contributed by atoms with Gasteiger partial charge in [0.2, 0.25) is 5.13 Å². The average molecular weight is 246 g/mol. The largest absolute Gasteiger partial charge is 0.398 e. The molecule has 4 nitrogen and oxygen atoms in total. The Balaban J connectivity index is 2.15. The molecule has 2 rings (SSSR count). The van der Waals surface area contributed by atoms with E-state index in [-0.39, 0.29) is 0 Å². The van der Waals surface area contributed by atoms with Crippen molar-refractivity contribution >= 4 is 27.9 Å². The molecule has 0 fully saturated rings. The van der Waals surface area contributed by atoms with Crippen LogP contribution in [0.5, 0.6) is 0 Å². The van der Waals surface area contributed by atoms with Gasteiger partial charge in [0.1, 0.15) is 0 Å². The summed E-state index contributed by atoms with van der Waals surface area (Å²) in [5.41, 5.74) is 12.3. The smallest absolute Gasteiger partial charge is 0.203 e. The highest BCUT2D eigenvalue weighted by atomic mass is 32.1. The van der Waals surface area contributed by atoms with Crippen molar-refractivity contribution in [1.82, 2.24) is 4.98 Å². The molecule has 0 aliphatic rings. The second kappa shape index (κ2) is 4.97. The summed E-state index contributed by atoms with van der Waals surface area (Å²) in [4.78, 5) is 4.27. The SMILES string of the molecule is CC(=NNc1nc(C)cs1)c1ccccc1N. The monoisotopic (exact) mass is 246 g/mol. The molecular formula is C12H14N4S. The zero-order valence-electron chi connectivity index (χ0n) is 9.77. The number of aromatic nitrogens is 1. The van der Waals surface area contributed by atoms with Gasteiger partial charge in [-0.2, -0.15) is 5.10 Å². The number of hydrogen-bond donors (Lipinski definition) is 2. The molecule has 2 aromatic rings. The molecule has 0 unspecified atom stereocenters. The predicted octanol–water partition coefficient (Wildman–Crippen LogP) is 2.87. The standard InChI is InChI=1S/C12H14N4S/c1-8-7-17-12(14-8)16-15-9(2)10-5-3-4-6-11(10)13/h3-7H,13H2,1-2H3,(H,14,16). The van der Waals surface area contributed by atoms with Crippen molar-refractivity contribution < 1.29 is 0 Å². The number of anilines is 2. The molecule has 0 spiro atoms. The lowest BCUT2D eigenvalue weighted by atomic mass is 10.1. The Morgan fingerprint density at radius 2 is 2.18 bits per heavy atom. The van der Waals surface area contributed by atoms with Crippen LogP contribution in [0, 0.1) is 6.92 Å². The Hall–Kier alpha value is -1.88. The minimum Gasteiger partial charge on any atom is -0.398 e. The fourth-order valence-corrected chi connectivity index (χ4v) is 2.05. The van der Waals surface area contributed by atoms with Gasteiger partial charge in [0, 0.05) is 16.6 Å². The Bertz CT molecular complexity index is 545. The number of para-hydroxylation sites is 1. The van der Waals surface area contributed by atoms with Crippen LogP contribution in [0.1, 0.15) is 18.2 Å². The molecule has 0 saturated carbocycles. The van der Waals surface area contributed by atoms with E-state index in [0.29, 0.717) is 0 Å². The van der Waals surface area contributed by atoms with Gasteiger partial charge in [-0.25, -0.2) is 4.98 Å². The van der Waals surface area contributed by atoms with Crippen molar-refractivity contribution in [3.63, 3.8) is 0 Å². The fourth-order valence-electron chi connectivity index (χ4n) is 1.42. The first-order valence-corrected chi connectivity index (χ1v) is 6.12. The summed E-state index contributed by atoms with van der Waals surface area (Å²) in [6, 6.07) is 7.66. The van der Waals surface area contributed by atoms with Crippen LogP contribution in [-0.2, 0) is 0 Å². The lowest BCUT2D eigenvalue weighted by molar-refractivity contribution is 1.21. The van der Waals surface area contributed by atoms with Gasteiger partial charge in [0.15, 0.2) is 0 Å². The van der Waals surface area contributed by atoms with E-state index in [1.54, 1.807) is 0 Å². The number of benzene rings is 1. The van der Waals surface area contributed by atoms with E-state index in [1.807, 2.05) is 43.5 Å². The van der Waals surface area contributed by atoms with Crippen LogP contribution in [0.15, 0.2) is 34.7 Å². The molecule has 0 aliphatic carbocycles. The fraction of sp³-hybridized carbons (Fsp3) is 0.167. The first kappa shape index (κ1) is 11.6. The first-order valence-electron chi connectivity index (χ1n) is 5.24. The zero-order valence-corrected chi connectivity index (χ0v) is 10.6. The average Bonchev–Trinajstić information content (AvgIpc) is 2.73. The van der Waals surface area contributed by atoms with Crippen molar-refractivity contribution in [2.24, 2.45) is 5.10 Å². The molecule has 0 amide bonds. The van der Waals surface area contributed by atoms with E-state index in [9.17, 15) is 0 Å². The van der Waals surface area contributed by atoms with Gasteiger partial charge in [-0.05, 0) is 19.9 Å². The first-order chi connectivity index (χ1) is 8.16. The molecule has 5 heteroatoms. The summed E-state index contributed by atoms with van der Waals surface area (Å²) in [6.45, 7) is 3.87. The summed E-state index contributed by atoms with van der Waals surface area (Å²) >= 11 is 1.53. The zero-order chi connectivity index (χ0) is 12.3. The number of aryl methyl sites for hydroxylation is 1. The number of nitrogens with zero attached hydrogens (tertiary/aromatic N) is 2. The maximum atomic E-state index is 5.87. The van der Waals surface area contributed by atoms with E-state index in [4.69, 9.17) is 5.73 Å². The lowest BCUT2D eigenvalue weighted by Gasteiger charge is -2.04. The van der Waals surface area contributed by atoms with Crippen LogP contribution >= 0.6 is 11.3 Å². The molecule has 1 aromatic heterocycles. The van der Waals surface area contributed by atoms with Crippen LogP contribution < -0.4 is 11.2 Å². The Morgan fingerprint density at radius 1 is 1.41 bits per heavy atom. The molecule has 0 radical (unpaired) electrons. The summed E-state index contributed by atoms with van der Waals surface area (Å²) in [5.74, 6) is 0. The van der Waals surface area contributed by atoms with Gasteiger partial charge in [-0.3, -0.25) is 5.43 Å². The van der Waals surface area contributed by atoms with Crippen molar-refractivity contribution in [1.29, 1.82) is 0 Å². The second-order valence-electron chi connectivity index (χ2n) is 3.69. The van der Waals surface area contributed by atoms with Crippen LogP contribution in [-0.4, -0.2) is 10.7 Å². The minimum atomic E-state index is 0.728. The number of thiazole rings is 1. The van der Waals surface area contributed by atoms with Crippen LogP contribution in [0.25, 0.3) is 0 Å². The molecule has 3 N–H and O–H groups in total. The molecule has 0 saturated heterocycles. The lowest BCUT2D eigenvalue weighted by Crippen LogP contribution is -2.03. The van der Waals surface area contributed by atoms with Gasteiger partial charge in [-0.1, -0.05) is 18.2 Å². The number of nitrogen functional groups attached to an aromatic ring is 1. The molecule has 1 aromatic carbocycles. The highest BCUT2D eigenvalue weighted by Gasteiger charge is 2.02. The van der Waals surface area contributed by atoms with E-state index >= 15 is 0 Å². The third-order valence-electron chi connectivity index (χ3n) is 2.29. The van der Waals surface area contributed by atoms with E-state index in [2.05, 4.69) is 15.5 Å². The summed E-state index contributed by atoms with van der Waals surface area (Å²) in [6.07, 6.45) is 0. The summed E-state index contributed by atoms with van der Waals surface area (Å²) in [7, 11) is 0. The molecule has 17 heavy (non-hydrogen) atoms. The summed E-state index contributed by atoms with van der Waals surface area (Å²) in [5, 5.41) is 7.04. The van der Waals surface area contributed by atoms with Gasteiger partial charge in [0.25, 0.3) is 0 Å². The number of nitrogens with two attached hydrogens (primary N) is 1. The molecule has 0 atom stereocenters. The molecule has 88 valence electrons. The predicted molar refractivity (Wildman–Crippen MR) is 73.5 cm³/mol. The Labute approximate surface area is 104 Å². The van der Waals surface area contributed by atoms with Gasteiger partial charge < -0.3 is 5.73 Å². The van der Waals surface area contributed by atoms with Gasteiger partial charge >= 0.3 is 0 Å². The highest BCUT2D eigenvalue weighted by Crippen LogP contribution is 2.16. The topological polar surface area (TPSA) is 63.3 Å². The van der Waals surface area contributed by atoms with Crippen LogP contribution in [0.4, 0.5) is 10.8 Å². The maximum absolute atomic E-state index is 5.87. The number of hydrogen-bond acceptors (Lipinski definition) is 5. The van der Waals surface area contributed by atoms with Crippen molar-refractivity contribution in [3.05, 3.63) is 40.9 Å². The quantitative estimate of drug-likeness (QED) is 0.497. The summed E-state index contributed by atoms with van der Waals surface area (Å²) < 4.78 is 0. The molecular weight excluding hydrogens is 232 g/mol. The molecule has 0 bridgehead atoms. The highest BCUT2D eigenvalue weighted by molar-refractivity contribution is 7.13. The maximum Gasteiger partial charge on any atom is 0.203 e. The van der Waals surface area contributed by atoms with Crippen LogP contribution in [0.3, 0.4) is 0 Å².